The number of halogens is 1. The zero-order valence-electron chi connectivity index (χ0n) is 11.5. The van der Waals surface area contributed by atoms with Crippen molar-refractivity contribution >= 4 is 44.2 Å². The molecular weight excluding hydrogens is 415 g/mol. The number of carbonyl (C=O) groups is 1. The van der Waals surface area contributed by atoms with Gasteiger partial charge in [0.05, 0.1) is 10.5 Å². The Morgan fingerprint density at radius 1 is 1.18 bits per heavy atom. The molecule has 22 heavy (non-hydrogen) atoms. The first-order valence-corrected chi connectivity index (χ1v) is 9.22. The van der Waals surface area contributed by atoms with Crippen molar-refractivity contribution in [1.29, 1.82) is 0 Å². The van der Waals surface area contributed by atoms with Gasteiger partial charge in [0.1, 0.15) is 0 Å². The molecule has 0 aromatic heterocycles. The van der Waals surface area contributed by atoms with Gasteiger partial charge in [-0.2, -0.15) is 0 Å². The van der Waals surface area contributed by atoms with E-state index in [1.54, 1.807) is 17.0 Å². The number of hydrogen-bond donors (Lipinski definition) is 1. The standard InChI is InChI=1S/C15H13IN2O3S/c16-13-4-2-1-3-12(13)15(19)18-8-7-10-5-6-11(9-14(10)18)22(17,20)21/h1-6,9H,7-8H2,(H2,17,20,21). The van der Waals surface area contributed by atoms with E-state index < -0.39 is 10.0 Å². The second kappa shape index (κ2) is 5.64. The van der Waals surface area contributed by atoms with Crippen LogP contribution in [-0.4, -0.2) is 20.9 Å². The first-order chi connectivity index (χ1) is 10.4. The lowest BCUT2D eigenvalue weighted by molar-refractivity contribution is 0.0988. The zero-order chi connectivity index (χ0) is 15.9. The second-order valence-corrected chi connectivity index (χ2v) is 7.75. The predicted octanol–water partition coefficient (Wildman–Crippen LogP) is 2.14. The van der Waals surface area contributed by atoms with Gasteiger partial charge in [-0.15, -0.1) is 0 Å². The molecule has 2 N–H and O–H groups in total. The van der Waals surface area contributed by atoms with Crippen LogP contribution in [0.1, 0.15) is 15.9 Å². The Labute approximate surface area is 142 Å². The Balaban J connectivity index is 2.04. The average molecular weight is 428 g/mol. The quantitative estimate of drug-likeness (QED) is 0.745. The van der Waals surface area contributed by atoms with Crippen LogP contribution in [0.5, 0.6) is 0 Å². The maximum atomic E-state index is 12.7. The number of carbonyl (C=O) groups excluding carboxylic acids is 1. The third-order valence-electron chi connectivity index (χ3n) is 3.63. The Hall–Kier alpha value is -1.45. The largest absolute Gasteiger partial charge is 0.308 e. The summed E-state index contributed by atoms with van der Waals surface area (Å²) >= 11 is 2.12. The number of amides is 1. The topological polar surface area (TPSA) is 80.5 Å². The molecule has 7 heteroatoms. The van der Waals surface area contributed by atoms with Crippen molar-refractivity contribution in [3.05, 3.63) is 57.2 Å². The lowest BCUT2D eigenvalue weighted by Gasteiger charge is -2.18. The summed E-state index contributed by atoms with van der Waals surface area (Å²) in [7, 11) is -3.79. The minimum absolute atomic E-state index is 0.0220. The minimum atomic E-state index is -3.79. The predicted molar refractivity (Wildman–Crippen MR) is 92.4 cm³/mol. The molecule has 2 aromatic rings. The van der Waals surface area contributed by atoms with Gasteiger partial charge >= 0.3 is 0 Å². The van der Waals surface area contributed by atoms with Gasteiger partial charge in [0.15, 0.2) is 0 Å². The fraction of sp³-hybridized carbons (Fsp3) is 0.133. The number of primary sulfonamides is 1. The number of rotatable bonds is 2. The lowest BCUT2D eigenvalue weighted by Crippen LogP contribution is -2.29. The van der Waals surface area contributed by atoms with Gasteiger partial charge in [-0.05, 0) is 58.8 Å². The van der Waals surface area contributed by atoms with E-state index in [0.29, 0.717) is 24.2 Å². The normalized spacial score (nSPS) is 14.0. The van der Waals surface area contributed by atoms with E-state index in [1.807, 2.05) is 18.2 Å². The fourth-order valence-corrected chi connectivity index (χ4v) is 3.68. The van der Waals surface area contributed by atoms with Gasteiger partial charge in [-0.3, -0.25) is 4.79 Å². The van der Waals surface area contributed by atoms with Gasteiger partial charge in [0.25, 0.3) is 5.91 Å². The highest BCUT2D eigenvalue weighted by Gasteiger charge is 2.27. The highest BCUT2D eigenvalue weighted by atomic mass is 127. The number of nitrogens with zero attached hydrogens (tertiary/aromatic N) is 1. The number of benzene rings is 2. The van der Waals surface area contributed by atoms with Crippen LogP contribution in [0.2, 0.25) is 0 Å². The second-order valence-electron chi connectivity index (χ2n) is 5.02. The average Bonchev–Trinajstić information content (AvgIpc) is 2.89. The molecule has 2 aromatic carbocycles. The van der Waals surface area contributed by atoms with Crippen molar-refractivity contribution in [2.45, 2.75) is 11.3 Å². The van der Waals surface area contributed by atoms with Gasteiger partial charge in [-0.1, -0.05) is 18.2 Å². The van der Waals surface area contributed by atoms with Crippen molar-refractivity contribution < 1.29 is 13.2 Å². The van der Waals surface area contributed by atoms with Crippen molar-refractivity contribution in [3.63, 3.8) is 0 Å². The van der Waals surface area contributed by atoms with Crippen LogP contribution < -0.4 is 10.0 Å². The third-order valence-corrected chi connectivity index (χ3v) is 5.48. The summed E-state index contributed by atoms with van der Waals surface area (Å²) in [5.74, 6) is -0.129. The van der Waals surface area contributed by atoms with E-state index >= 15 is 0 Å². The Morgan fingerprint density at radius 3 is 2.59 bits per heavy atom. The van der Waals surface area contributed by atoms with Gasteiger partial charge in [0.2, 0.25) is 10.0 Å². The smallest absolute Gasteiger partial charge is 0.259 e. The number of fused-ring (bicyclic) bond motifs is 1. The van der Waals surface area contributed by atoms with Crippen LogP contribution in [0.15, 0.2) is 47.4 Å². The van der Waals surface area contributed by atoms with Gasteiger partial charge < -0.3 is 4.90 Å². The van der Waals surface area contributed by atoms with E-state index in [2.05, 4.69) is 22.6 Å². The van der Waals surface area contributed by atoms with E-state index in [9.17, 15) is 13.2 Å². The molecule has 0 spiro atoms. The molecule has 0 bridgehead atoms. The summed E-state index contributed by atoms with van der Waals surface area (Å²) in [6.07, 6.45) is 0.704. The van der Waals surface area contributed by atoms with E-state index in [0.717, 1.165) is 9.13 Å². The molecule has 0 radical (unpaired) electrons. The maximum Gasteiger partial charge on any atom is 0.259 e. The monoisotopic (exact) mass is 428 g/mol. The first-order valence-electron chi connectivity index (χ1n) is 6.60. The highest BCUT2D eigenvalue weighted by Crippen LogP contribution is 2.32. The number of anilines is 1. The molecule has 1 heterocycles. The molecule has 0 atom stereocenters. The van der Waals surface area contributed by atoms with Crippen molar-refractivity contribution in [3.8, 4) is 0 Å². The minimum Gasteiger partial charge on any atom is -0.308 e. The Morgan fingerprint density at radius 2 is 1.91 bits per heavy atom. The van der Waals surface area contributed by atoms with Gasteiger partial charge in [-0.25, -0.2) is 13.6 Å². The molecular formula is C15H13IN2O3S. The Kier molecular flexibility index (Phi) is 3.96. The van der Waals surface area contributed by atoms with E-state index in [4.69, 9.17) is 5.14 Å². The first kappa shape index (κ1) is 15.4. The fourth-order valence-electron chi connectivity index (χ4n) is 2.53. The lowest BCUT2D eigenvalue weighted by atomic mass is 10.1. The molecule has 5 nitrogen and oxygen atoms in total. The number of hydrogen-bond acceptors (Lipinski definition) is 3. The molecule has 1 aliphatic rings. The molecule has 1 aliphatic heterocycles. The van der Waals surface area contributed by atoms with E-state index in [-0.39, 0.29) is 10.8 Å². The molecule has 0 saturated carbocycles. The molecule has 0 fully saturated rings. The van der Waals surface area contributed by atoms with Crippen molar-refractivity contribution in [2.24, 2.45) is 5.14 Å². The van der Waals surface area contributed by atoms with Crippen LogP contribution in [0.3, 0.4) is 0 Å². The third kappa shape index (κ3) is 2.75. The van der Waals surface area contributed by atoms with Crippen LogP contribution in [0.25, 0.3) is 0 Å². The van der Waals surface area contributed by atoms with Crippen LogP contribution in [0.4, 0.5) is 5.69 Å². The number of sulfonamides is 1. The van der Waals surface area contributed by atoms with Crippen LogP contribution in [0, 0.1) is 3.57 Å². The van der Waals surface area contributed by atoms with E-state index in [1.165, 1.54) is 12.1 Å². The summed E-state index contributed by atoms with van der Waals surface area (Å²) in [5, 5.41) is 5.18. The summed E-state index contributed by atoms with van der Waals surface area (Å²) in [4.78, 5) is 14.4. The highest BCUT2D eigenvalue weighted by molar-refractivity contribution is 14.1. The van der Waals surface area contributed by atoms with Crippen LogP contribution >= 0.6 is 22.6 Å². The molecule has 1 amide bonds. The van der Waals surface area contributed by atoms with Crippen molar-refractivity contribution in [1.82, 2.24) is 0 Å². The molecule has 0 saturated heterocycles. The summed E-state index contributed by atoms with van der Waals surface area (Å²) < 4.78 is 23.9. The Bertz CT molecular complexity index is 865. The molecule has 114 valence electrons. The molecule has 0 unspecified atom stereocenters. The van der Waals surface area contributed by atoms with Crippen LogP contribution in [-0.2, 0) is 16.4 Å². The summed E-state index contributed by atoms with van der Waals surface area (Å²) in [6.45, 7) is 0.535. The maximum absolute atomic E-state index is 12.7. The molecule has 0 aliphatic carbocycles. The summed E-state index contributed by atoms with van der Waals surface area (Å²) in [5.41, 5.74) is 2.18. The van der Waals surface area contributed by atoms with Gasteiger partial charge in [0, 0.05) is 15.8 Å². The zero-order valence-corrected chi connectivity index (χ0v) is 14.5. The van der Waals surface area contributed by atoms with Crippen molar-refractivity contribution in [2.75, 3.05) is 11.4 Å². The number of nitrogens with two attached hydrogens (primary N) is 1. The summed E-state index contributed by atoms with van der Waals surface area (Å²) in [6, 6.07) is 12.0. The molecule has 3 rings (SSSR count). The SMILES string of the molecule is NS(=O)(=O)c1ccc2c(c1)N(C(=O)c1ccccc1I)CC2.